The molecule has 0 radical (unpaired) electrons. The highest BCUT2D eigenvalue weighted by Gasteiger charge is 2.17. The number of carbonyl (C=O) groups is 1. The average molecular weight is 334 g/mol. The van der Waals surface area contributed by atoms with Crippen molar-refractivity contribution in [2.75, 3.05) is 26.0 Å². The van der Waals surface area contributed by atoms with E-state index in [-0.39, 0.29) is 30.7 Å². The Kier molecular flexibility index (Phi) is 9.62. The topological polar surface area (TPSA) is 44.4 Å². The Hall–Kier alpha value is -0.810. The summed E-state index contributed by atoms with van der Waals surface area (Å²) in [6.07, 6.45) is 2.85. The fraction of sp³-hybridized carbons (Fsp3) is 0.533. The second kappa shape index (κ2) is 10.0. The van der Waals surface area contributed by atoms with Crippen LogP contribution in [0.15, 0.2) is 24.3 Å². The van der Waals surface area contributed by atoms with Gasteiger partial charge in [-0.05, 0) is 51.2 Å². The van der Waals surface area contributed by atoms with E-state index in [1.165, 1.54) is 12.0 Å². The molecule has 0 saturated carbocycles. The average Bonchev–Trinajstić information content (AvgIpc) is 2.81. The van der Waals surface area contributed by atoms with Crippen molar-refractivity contribution in [3.05, 3.63) is 29.8 Å². The Morgan fingerprint density at radius 3 is 2.76 bits per heavy atom. The van der Waals surface area contributed by atoms with E-state index in [0.717, 1.165) is 25.2 Å². The second-order valence-corrected chi connectivity index (χ2v) is 5.48. The molecule has 1 aliphatic rings. The van der Waals surface area contributed by atoms with Gasteiger partial charge in [0.05, 0.1) is 0 Å². The lowest BCUT2D eigenvalue weighted by Gasteiger charge is -2.13. The number of nitrogens with one attached hydrogen (secondary N) is 2. The summed E-state index contributed by atoms with van der Waals surface area (Å²) < 4.78 is 0. The summed E-state index contributed by atoms with van der Waals surface area (Å²) in [4.78, 5) is 14.1. The third-order valence-electron chi connectivity index (χ3n) is 3.30. The highest BCUT2D eigenvalue weighted by atomic mass is 35.5. The Labute approximate surface area is 139 Å². The standard InChI is InChI=1S/C15H23N3O.2ClH/c1-18(2)11-12-5-3-6-14(9-12)17-15(19)10-13-7-4-8-16-13;;/h3,5-6,9,13,16H,4,7-8,10-11H2,1-2H3,(H,17,19);2*1H. The summed E-state index contributed by atoms with van der Waals surface area (Å²) in [5.41, 5.74) is 2.10. The van der Waals surface area contributed by atoms with Gasteiger partial charge < -0.3 is 15.5 Å². The Morgan fingerprint density at radius 1 is 1.38 bits per heavy atom. The molecule has 0 bridgehead atoms. The van der Waals surface area contributed by atoms with Crippen molar-refractivity contribution in [1.82, 2.24) is 10.2 Å². The van der Waals surface area contributed by atoms with Crippen molar-refractivity contribution >= 4 is 36.4 Å². The molecule has 1 aromatic rings. The maximum absolute atomic E-state index is 11.9. The summed E-state index contributed by atoms with van der Waals surface area (Å²) in [7, 11) is 4.08. The van der Waals surface area contributed by atoms with Crippen LogP contribution >= 0.6 is 24.8 Å². The van der Waals surface area contributed by atoms with Crippen LogP contribution in [0.1, 0.15) is 24.8 Å². The van der Waals surface area contributed by atoms with Gasteiger partial charge in [0.2, 0.25) is 5.91 Å². The van der Waals surface area contributed by atoms with Gasteiger partial charge in [0, 0.05) is 24.7 Å². The Morgan fingerprint density at radius 2 is 2.14 bits per heavy atom. The molecule has 2 rings (SSSR count). The third-order valence-corrected chi connectivity index (χ3v) is 3.30. The zero-order valence-electron chi connectivity index (χ0n) is 12.6. The number of halogens is 2. The van der Waals surface area contributed by atoms with Gasteiger partial charge in [0.15, 0.2) is 0 Å². The van der Waals surface area contributed by atoms with Crippen molar-refractivity contribution in [1.29, 1.82) is 0 Å². The number of rotatable bonds is 5. The van der Waals surface area contributed by atoms with Crippen LogP contribution in [0.5, 0.6) is 0 Å². The molecule has 2 N–H and O–H groups in total. The van der Waals surface area contributed by atoms with Crippen LogP contribution in [0.3, 0.4) is 0 Å². The summed E-state index contributed by atoms with van der Waals surface area (Å²) in [6, 6.07) is 8.40. The van der Waals surface area contributed by atoms with Gasteiger partial charge in [-0.3, -0.25) is 4.79 Å². The lowest BCUT2D eigenvalue weighted by atomic mass is 10.1. The van der Waals surface area contributed by atoms with Gasteiger partial charge in [0.25, 0.3) is 0 Å². The minimum absolute atomic E-state index is 0. The molecule has 1 fully saturated rings. The largest absolute Gasteiger partial charge is 0.326 e. The van der Waals surface area contributed by atoms with Crippen molar-refractivity contribution < 1.29 is 4.79 Å². The molecule has 0 aromatic heterocycles. The highest BCUT2D eigenvalue weighted by Crippen LogP contribution is 2.14. The molecule has 6 heteroatoms. The molecule has 120 valence electrons. The molecule has 1 heterocycles. The SMILES string of the molecule is CN(C)Cc1cccc(NC(=O)CC2CCCN2)c1.Cl.Cl. The van der Waals surface area contributed by atoms with Crippen LogP contribution in [-0.4, -0.2) is 37.5 Å². The first-order valence-corrected chi connectivity index (χ1v) is 6.90. The fourth-order valence-corrected chi connectivity index (χ4v) is 2.48. The van der Waals surface area contributed by atoms with Crippen LogP contribution in [0, 0.1) is 0 Å². The number of hydrogen-bond donors (Lipinski definition) is 2. The van der Waals surface area contributed by atoms with Crippen molar-refractivity contribution in [3.63, 3.8) is 0 Å². The van der Waals surface area contributed by atoms with E-state index in [2.05, 4.69) is 21.6 Å². The summed E-state index contributed by atoms with van der Waals surface area (Å²) in [6.45, 7) is 1.92. The van der Waals surface area contributed by atoms with E-state index < -0.39 is 0 Å². The molecule has 1 unspecified atom stereocenters. The quantitative estimate of drug-likeness (QED) is 0.870. The Bertz CT molecular complexity index is 435. The maximum atomic E-state index is 11.9. The molecule has 0 aliphatic carbocycles. The monoisotopic (exact) mass is 333 g/mol. The van der Waals surface area contributed by atoms with Gasteiger partial charge in [0.1, 0.15) is 0 Å². The number of nitrogens with zero attached hydrogens (tertiary/aromatic N) is 1. The smallest absolute Gasteiger partial charge is 0.225 e. The first kappa shape index (κ1) is 20.2. The molecule has 21 heavy (non-hydrogen) atoms. The summed E-state index contributed by atoms with van der Waals surface area (Å²) in [5, 5.41) is 6.33. The molecule has 1 saturated heterocycles. The fourth-order valence-electron chi connectivity index (χ4n) is 2.48. The highest BCUT2D eigenvalue weighted by molar-refractivity contribution is 5.91. The van der Waals surface area contributed by atoms with Gasteiger partial charge in [-0.2, -0.15) is 0 Å². The van der Waals surface area contributed by atoms with Crippen LogP contribution in [0.4, 0.5) is 5.69 Å². The lowest BCUT2D eigenvalue weighted by Crippen LogP contribution is -2.27. The lowest BCUT2D eigenvalue weighted by molar-refractivity contribution is -0.116. The van der Waals surface area contributed by atoms with Crippen LogP contribution in [-0.2, 0) is 11.3 Å². The van der Waals surface area contributed by atoms with Crippen molar-refractivity contribution in [3.8, 4) is 0 Å². The molecule has 1 amide bonds. The van der Waals surface area contributed by atoms with Crippen molar-refractivity contribution in [2.45, 2.75) is 31.8 Å². The molecule has 1 atom stereocenters. The molecular formula is C15H25Cl2N3O. The first-order valence-electron chi connectivity index (χ1n) is 6.90. The van der Waals surface area contributed by atoms with Gasteiger partial charge in [-0.15, -0.1) is 24.8 Å². The van der Waals surface area contributed by atoms with E-state index in [1.807, 2.05) is 32.3 Å². The van der Waals surface area contributed by atoms with E-state index in [4.69, 9.17) is 0 Å². The third kappa shape index (κ3) is 7.14. The number of benzene rings is 1. The van der Waals surface area contributed by atoms with E-state index >= 15 is 0 Å². The maximum Gasteiger partial charge on any atom is 0.225 e. The summed E-state index contributed by atoms with van der Waals surface area (Å²) >= 11 is 0. The number of hydrogen-bond acceptors (Lipinski definition) is 3. The van der Waals surface area contributed by atoms with Crippen LogP contribution in [0.25, 0.3) is 0 Å². The number of carbonyl (C=O) groups excluding carboxylic acids is 1. The number of amides is 1. The predicted octanol–water partition coefficient (Wildman–Crippen LogP) is 2.67. The zero-order valence-corrected chi connectivity index (χ0v) is 14.2. The Balaban J connectivity index is 0.00000200. The molecule has 1 aromatic carbocycles. The molecular weight excluding hydrogens is 309 g/mol. The predicted molar refractivity (Wildman–Crippen MR) is 92.6 cm³/mol. The van der Waals surface area contributed by atoms with E-state index in [1.54, 1.807) is 0 Å². The van der Waals surface area contributed by atoms with Crippen molar-refractivity contribution in [2.24, 2.45) is 0 Å². The normalized spacial score (nSPS) is 17.0. The van der Waals surface area contributed by atoms with Gasteiger partial charge in [-0.25, -0.2) is 0 Å². The minimum Gasteiger partial charge on any atom is -0.326 e. The molecule has 4 nitrogen and oxygen atoms in total. The summed E-state index contributed by atoms with van der Waals surface area (Å²) in [5.74, 6) is 0.0985. The van der Waals surface area contributed by atoms with E-state index in [0.29, 0.717) is 12.5 Å². The first-order chi connectivity index (χ1) is 9.13. The van der Waals surface area contributed by atoms with Gasteiger partial charge in [-0.1, -0.05) is 12.1 Å². The van der Waals surface area contributed by atoms with Crippen LogP contribution in [0.2, 0.25) is 0 Å². The zero-order chi connectivity index (χ0) is 13.7. The van der Waals surface area contributed by atoms with Gasteiger partial charge >= 0.3 is 0 Å². The minimum atomic E-state index is 0. The molecule has 0 spiro atoms. The molecule has 1 aliphatic heterocycles. The second-order valence-electron chi connectivity index (χ2n) is 5.48. The van der Waals surface area contributed by atoms with E-state index in [9.17, 15) is 4.79 Å². The number of anilines is 1. The van der Waals surface area contributed by atoms with Crippen LogP contribution < -0.4 is 10.6 Å².